The van der Waals surface area contributed by atoms with Gasteiger partial charge in [0.05, 0.1) is 5.41 Å². The number of carbonyl (C=O) groups is 1. The van der Waals surface area contributed by atoms with Crippen LogP contribution in [0, 0.1) is 5.41 Å². The maximum atomic E-state index is 10.6. The van der Waals surface area contributed by atoms with Gasteiger partial charge in [-0.3, -0.25) is 0 Å². The standard InChI is InChI=1S/C12H14Cl3NO3/c1-7-6-11(3,12(13,14)15)5-4-9(7)16-19-8(2)10(17)18/h4-6,8H,1-3H3,(H,17,18)/b16-9+/t8-,11-/m0/s1. The highest BCUT2D eigenvalue weighted by molar-refractivity contribution is 6.68. The van der Waals surface area contributed by atoms with E-state index in [1.807, 2.05) is 0 Å². The van der Waals surface area contributed by atoms with E-state index in [4.69, 9.17) is 44.7 Å². The summed E-state index contributed by atoms with van der Waals surface area (Å²) in [5.41, 5.74) is 0.493. The number of hydrogen-bond donors (Lipinski definition) is 1. The molecule has 106 valence electrons. The second kappa shape index (κ2) is 5.73. The van der Waals surface area contributed by atoms with Crippen molar-refractivity contribution in [2.45, 2.75) is 30.7 Å². The molecule has 19 heavy (non-hydrogen) atoms. The first kappa shape index (κ1) is 16.3. The van der Waals surface area contributed by atoms with Gasteiger partial charge < -0.3 is 9.94 Å². The SMILES string of the molecule is CC1=C[C@@](C)(C(Cl)(Cl)Cl)C=C/C1=N\O[C@@H](C)C(=O)O. The van der Waals surface area contributed by atoms with Gasteiger partial charge in [0, 0.05) is 0 Å². The maximum Gasteiger partial charge on any atom is 0.347 e. The molecule has 0 saturated carbocycles. The monoisotopic (exact) mass is 325 g/mol. The maximum absolute atomic E-state index is 10.6. The number of carboxylic acids is 1. The number of halogens is 3. The fourth-order valence-corrected chi connectivity index (χ4v) is 1.77. The molecule has 0 unspecified atom stereocenters. The summed E-state index contributed by atoms with van der Waals surface area (Å²) < 4.78 is -1.48. The molecule has 1 rings (SSSR count). The summed E-state index contributed by atoms with van der Waals surface area (Å²) in [6, 6.07) is 0. The first-order chi connectivity index (χ1) is 8.57. The molecule has 0 amide bonds. The molecule has 0 aliphatic heterocycles. The second-order valence-corrected chi connectivity index (χ2v) is 6.78. The Kier molecular flexibility index (Phi) is 4.93. The molecule has 0 saturated heterocycles. The normalized spacial score (nSPS) is 27.1. The Labute approximate surface area is 126 Å². The fraction of sp³-hybridized carbons (Fsp3) is 0.500. The van der Waals surface area contributed by atoms with Crippen molar-refractivity contribution in [3.8, 4) is 0 Å². The minimum Gasteiger partial charge on any atom is -0.478 e. The molecule has 0 radical (unpaired) electrons. The van der Waals surface area contributed by atoms with Gasteiger partial charge in [-0.15, -0.1) is 0 Å². The van der Waals surface area contributed by atoms with Crippen molar-refractivity contribution in [1.29, 1.82) is 0 Å². The lowest BCUT2D eigenvalue weighted by atomic mass is 9.84. The number of aliphatic carboxylic acids is 1. The zero-order valence-electron chi connectivity index (χ0n) is 10.7. The van der Waals surface area contributed by atoms with Gasteiger partial charge in [-0.05, 0) is 32.4 Å². The van der Waals surface area contributed by atoms with E-state index in [-0.39, 0.29) is 0 Å². The summed E-state index contributed by atoms with van der Waals surface area (Å²) in [6.45, 7) is 4.95. The molecule has 0 spiro atoms. The van der Waals surface area contributed by atoms with Crippen LogP contribution in [-0.2, 0) is 9.63 Å². The lowest BCUT2D eigenvalue weighted by molar-refractivity contribution is -0.149. The third-order valence-electron chi connectivity index (χ3n) is 2.78. The number of rotatable bonds is 3. The van der Waals surface area contributed by atoms with Crippen LogP contribution in [-0.4, -0.2) is 26.7 Å². The van der Waals surface area contributed by atoms with Crippen molar-refractivity contribution in [3.05, 3.63) is 23.8 Å². The third-order valence-corrected chi connectivity index (χ3v) is 4.00. The van der Waals surface area contributed by atoms with E-state index in [1.54, 1.807) is 32.1 Å². The minimum absolute atomic E-state index is 0.500. The van der Waals surface area contributed by atoms with E-state index in [0.29, 0.717) is 5.71 Å². The molecule has 0 heterocycles. The number of alkyl halides is 3. The van der Waals surface area contributed by atoms with Crippen LogP contribution in [0.2, 0.25) is 0 Å². The van der Waals surface area contributed by atoms with Crippen LogP contribution in [0.5, 0.6) is 0 Å². The summed E-state index contributed by atoms with van der Waals surface area (Å²) in [6.07, 6.45) is 4.08. The summed E-state index contributed by atoms with van der Waals surface area (Å²) in [4.78, 5) is 15.5. The van der Waals surface area contributed by atoms with Crippen LogP contribution in [0.15, 0.2) is 29.0 Å². The predicted molar refractivity (Wildman–Crippen MR) is 76.9 cm³/mol. The van der Waals surface area contributed by atoms with E-state index >= 15 is 0 Å². The lowest BCUT2D eigenvalue weighted by Crippen LogP contribution is -2.31. The fourth-order valence-electron chi connectivity index (χ4n) is 1.41. The van der Waals surface area contributed by atoms with E-state index < -0.39 is 21.3 Å². The highest BCUT2D eigenvalue weighted by atomic mass is 35.6. The highest BCUT2D eigenvalue weighted by Crippen LogP contribution is 2.48. The van der Waals surface area contributed by atoms with E-state index in [0.717, 1.165) is 5.57 Å². The average molecular weight is 327 g/mol. The molecule has 1 aliphatic rings. The second-order valence-electron chi connectivity index (χ2n) is 4.50. The molecule has 0 aromatic heterocycles. The average Bonchev–Trinajstić information content (AvgIpc) is 2.25. The Morgan fingerprint density at radius 2 is 2.11 bits per heavy atom. The van der Waals surface area contributed by atoms with Crippen molar-refractivity contribution in [2.75, 3.05) is 0 Å². The number of hydrogen-bond acceptors (Lipinski definition) is 3. The molecule has 0 aromatic rings. The molecule has 7 heteroatoms. The van der Waals surface area contributed by atoms with Crippen molar-refractivity contribution in [2.24, 2.45) is 10.6 Å². The molecule has 4 nitrogen and oxygen atoms in total. The van der Waals surface area contributed by atoms with Crippen molar-refractivity contribution >= 4 is 46.5 Å². The molecule has 0 bridgehead atoms. The summed E-state index contributed by atoms with van der Waals surface area (Å²) in [5.74, 6) is -1.09. The van der Waals surface area contributed by atoms with Gasteiger partial charge in [-0.2, -0.15) is 0 Å². The Bertz CT molecular complexity index is 465. The number of nitrogens with zero attached hydrogens (tertiary/aromatic N) is 1. The summed E-state index contributed by atoms with van der Waals surface area (Å²) in [5, 5.41) is 12.5. The van der Waals surface area contributed by atoms with Crippen LogP contribution in [0.1, 0.15) is 20.8 Å². The summed E-state index contributed by atoms with van der Waals surface area (Å²) in [7, 11) is 0. The Morgan fingerprint density at radius 3 is 2.53 bits per heavy atom. The van der Waals surface area contributed by atoms with E-state index in [2.05, 4.69) is 5.16 Å². The topological polar surface area (TPSA) is 58.9 Å². The lowest BCUT2D eigenvalue weighted by Gasteiger charge is -2.33. The number of carboxylic acid groups (broad SMARTS) is 1. The number of oxime groups is 1. The van der Waals surface area contributed by atoms with E-state index in [1.165, 1.54) is 6.92 Å². The van der Waals surface area contributed by atoms with Gasteiger partial charge in [0.25, 0.3) is 0 Å². The van der Waals surface area contributed by atoms with Crippen molar-refractivity contribution in [3.63, 3.8) is 0 Å². The van der Waals surface area contributed by atoms with E-state index in [9.17, 15) is 4.79 Å². The van der Waals surface area contributed by atoms with Crippen LogP contribution >= 0.6 is 34.8 Å². The van der Waals surface area contributed by atoms with Gasteiger partial charge >= 0.3 is 5.97 Å². The van der Waals surface area contributed by atoms with Crippen LogP contribution in [0.25, 0.3) is 0 Å². The first-order valence-electron chi connectivity index (χ1n) is 5.49. The van der Waals surface area contributed by atoms with Gasteiger partial charge in [0.1, 0.15) is 5.71 Å². The smallest absolute Gasteiger partial charge is 0.347 e. The minimum atomic E-state index is -1.48. The molecular weight excluding hydrogens is 312 g/mol. The molecule has 0 aromatic carbocycles. The predicted octanol–water partition coefficient (Wildman–Crippen LogP) is 3.72. The van der Waals surface area contributed by atoms with Crippen LogP contribution < -0.4 is 0 Å². The molecule has 0 fully saturated rings. The van der Waals surface area contributed by atoms with Crippen molar-refractivity contribution < 1.29 is 14.7 Å². The third kappa shape index (κ3) is 3.88. The number of allylic oxidation sites excluding steroid dienone is 4. The highest BCUT2D eigenvalue weighted by Gasteiger charge is 2.42. The van der Waals surface area contributed by atoms with Gasteiger partial charge in [-0.25, -0.2) is 4.79 Å². The van der Waals surface area contributed by atoms with Crippen LogP contribution in [0.4, 0.5) is 0 Å². The zero-order valence-corrected chi connectivity index (χ0v) is 12.9. The van der Waals surface area contributed by atoms with Gasteiger partial charge in [0.15, 0.2) is 0 Å². The zero-order chi connectivity index (χ0) is 14.8. The molecule has 1 aliphatic carbocycles. The largest absolute Gasteiger partial charge is 0.478 e. The van der Waals surface area contributed by atoms with Crippen LogP contribution in [0.3, 0.4) is 0 Å². The van der Waals surface area contributed by atoms with Gasteiger partial charge in [-0.1, -0.05) is 52.1 Å². The van der Waals surface area contributed by atoms with Gasteiger partial charge in [0.2, 0.25) is 9.90 Å². The molecule has 2 atom stereocenters. The molecule has 1 N–H and O–H groups in total. The van der Waals surface area contributed by atoms with Crippen molar-refractivity contribution in [1.82, 2.24) is 0 Å². The Morgan fingerprint density at radius 1 is 1.53 bits per heavy atom. The Balaban J connectivity index is 2.90. The molecular formula is C12H14Cl3NO3. The quantitative estimate of drug-likeness (QED) is 0.635. The first-order valence-corrected chi connectivity index (χ1v) is 6.62. The Hall–Kier alpha value is -0.710. The summed E-state index contributed by atoms with van der Waals surface area (Å²) >= 11 is 17.8.